The molecule has 1 amide bonds. The number of H-pyrrole nitrogens is 1. The van der Waals surface area contributed by atoms with Crippen LogP contribution in [0.15, 0.2) is 30.3 Å². The van der Waals surface area contributed by atoms with Gasteiger partial charge in [-0.1, -0.05) is 6.07 Å². The van der Waals surface area contributed by atoms with Crippen LogP contribution in [0.25, 0.3) is 0 Å². The maximum absolute atomic E-state index is 13.6. The van der Waals surface area contributed by atoms with E-state index in [0.29, 0.717) is 24.6 Å². The SMILES string of the molecule is Cc1cc(CN2CCC(Nc3cccc(F)c3)(C(=O)NC3CC3)CC2)n[nH]1. The van der Waals surface area contributed by atoms with Gasteiger partial charge in [-0.2, -0.15) is 5.10 Å². The first-order chi connectivity index (χ1) is 13.0. The zero-order valence-corrected chi connectivity index (χ0v) is 15.6. The van der Waals surface area contributed by atoms with Crippen LogP contribution in [0.3, 0.4) is 0 Å². The van der Waals surface area contributed by atoms with Crippen molar-refractivity contribution in [2.45, 2.75) is 50.7 Å². The van der Waals surface area contributed by atoms with Crippen molar-refractivity contribution in [1.29, 1.82) is 0 Å². The molecule has 1 aromatic heterocycles. The van der Waals surface area contributed by atoms with E-state index in [1.807, 2.05) is 19.1 Å². The van der Waals surface area contributed by atoms with Crippen LogP contribution in [0.4, 0.5) is 10.1 Å². The first-order valence-electron chi connectivity index (χ1n) is 9.60. The number of anilines is 1. The summed E-state index contributed by atoms with van der Waals surface area (Å²) in [6.07, 6.45) is 3.44. The Kier molecular flexibility index (Phi) is 4.86. The Bertz CT molecular complexity index is 808. The zero-order valence-electron chi connectivity index (χ0n) is 15.6. The minimum Gasteiger partial charge on any atom is -0.371 e. The standard InChI is InChI=1S/C20H26FN5O/c1-14-11-18(25-24-14)13-26-9-7-20(8-10-26,19(27)22-16-5-6-16)23-17-4-2-3-15(21)12-17/h2-4,11-12,16,23H,5-10,13H2,1H3,(H,22,27)(H,24,25). The number of aromatic amines is 1. The monoisotopic (exact) mass is 371 g/mol. The van der Waals surface area contributed by atoms with Gasteiger partial charge in [-0.05, 0) is 56.9 Å². The molecule has 4 rings (SSSR count). The van der Waals surface area contributed by atoms with Crippen LogP contribution in [0.5, 0.6) is 0 Å². The summed E-state index contributed by atoms with van der Waals surface area (Å²) in [6.45, 7) is 4.33. The highest BCUT2D eigenvalue weighted by Gasteiger charge is 2.43. The molecule has 2 aliphatic rings. The third kappa shape index (κ3) is 4.30. The number of nitrogens with zero attached hydrogens (tertiary/aromatic N) is 2. The maximum Gasteiger partial charge on any atom is 0.245 e. The predicted molar refractivity (Wildman–Crippen MR) is 102 cm³/mol. The quantitative estimate of drug-likeness (QED) is 0.730. The number of rotatable bonds is 6. The van der Waals surface area contributed by atoms with Crippen molar-refractivity contribution in [2.24, 2.45) is 0 Å². The molecule has 1 aromatic carbocycles. The third-order valence-corrected chi connectivity index (χ3v) is 5.41. The average Bonchev–Trinajstić information content (AvgIpc) is 3.36. The molecular weight excluding hydrogens is 345 g/mol. The van der Waals surface area contributed by atoms with E-state index in [1.54, 1.807) is 6.07 Å². The van der Waals surface area contributed by atoms with Crippen molar-refractivity contribution in [1.82, 2.24) is 20.4 Å². The highest BCUT2D eigenvalue weighted by Crippen LogP contribution is 2.30. The molecule has 1 saturated carbocycles. The number of aromatic nitrogens is 2. The molecule has 6 nitrogen and oxygen atoms in total. The minimum absolute atomic E-state index is 0.0320. The molecule has 1 aliphatic carbocycles. The number of halogens is 1. The van der Waals surface area contributed by atoms with Gasteiger partial charge in [0.05, 0.1) is 5.69 Å². The molecule has 0 unspecified atom stereocenters. The second kappa shape index (κ2) is 7.31. The molecular formula is C20H26FN5O. The van der Waals surface area contributed by atoms with Crippen LogP contribution in [0.2, 0.25) is 0 Å². The number of hydrogen-bond acceptors (Lipinski definition) is 4. The van der Waals surface area contributed by atoms with Gasteiger partial charge in [0.25, 0.3) is 0 Å². The van der Waals surface area contributed by atoms with Crippen molar-refractivity contribution < 1.29 is 9.18 Å². The fraction of sp³-hybridized carbons (Fsp3) is 0.500. The van der Waals surface area contributed by atoms with Crippen molar-refractivity contribution in [3.8, 4) is 0 Å². The topological polar surface area (TPSA) is 73.1 Å². The number of hydrogen-bond donors (Lipinski definition) is 3. The molecule has 7 heteroatoms. The summed E-state index contributed by atoms with van der Waals surface area (Å²) in [5.74, 6) is -0.270. The maximum atomic E-state index is 13.6. The van der Waals surface area contributed by atoms with Crippen LogP contribution < -0.4 is 10.6 Å². The lowest BCUT2D eigenvalue weighted by atomic mass is 9.85. The van der Waals surface area contributed by atoms with Crippen LogP contribution >= 0.6 is 0 Å². The molecule has 0 atom stereocenters. The molecule has 1 saturated heterocycles. The molecule has 0 radical (unpaired) electrons. The lowest BCUT2D eigenvalue weighted by Gasteiger charge is -2.41. The second-order valence-electron chi connectivity index (χ2n) is 7.78. The van der Waals surface area contributed by atoms with E-state index < -0.39 is 5.54 Å². The summed E-state index contributed by atoms with van der Waals surface area (Å²) in [6, 6.07) is 8.69. The van der Waals surface area contributed by atoms with Crippen LogP contribution in [0, 0.1) is 12.7 Å². The van der Waals surface area contributed by atoms with Crippen molar-refractivity contribution in [3.05, 3.63) is 47.5 Å². The molecule has 144 valence electrons. The van der Waals surface area contributed by atoms with E-state index in [9.17, 15) is 9.18 Å². The fourth-order valence-electron chi connectivity index (χ4n) is 3.68. The van der Waals surface area contributed by atoms with Crippen LogP contribution in [-0.2, 0) is 11.3 Å². The summed E-state index contributed by atoms with van der Waals surface area (Å²) < 4.78 is 13.6. The lowest BCUT2D eigenvalue weighted by molar-refractivity contribution is -0.127. The van der Waals surface area contributed by atoms with Gasteiger partial charge in [-0.3, -0.25) is 14.8 Å². The van der Waals surface area contributed by atoms with Gasteiger partial charge in [0, 0.05) is 37.1 Å². The number of aryl methyl sites for hydroxylation is 1. The Balaban J connectivity index is 1.46. The third-order valence-electron chi connectivity index (χ3n) is 5.41. The molecule has 1 aliphatic heterocycles. The van der Waals surface area contributed by atoms with Crippen LogP contribution in [-0.4, -0.2) is 45.7 Å². The summed E-state index contributed by atoms with van der Waals surface area (Å²) in [5, 5.41) is 13.8. The van der Waals surface area contributed by atoms with Gasteiger partial charge < -0.3 is 10.6 Å². The van der Waals surface area contributed by atoms with Gasteiger partial charge in [-0.25, -0.2) is 4.39 Å². The minimum atomic E-state index is -0.700. The number of carbonyl (C=O) groups is 1. The zero-order chi connectivity index (χ0) is 18.9. The van der Waals surface area contributed by atoms with E-state index in [2.05, 4.69) is 25.7 Å². The number of carbonyl (C=O) groups excluding carboxylic acids is 1. The number of benzene rings is 1. The number of piperidine rings is 1. The van der Waals surface area contributed by atoms with Crippen molar-refractivity contribution in [3.63, 3.8) is 0 Å². The Labute approximate surface area is 158 Å². The van der Waals surface area contributed by atoms with E-state index >= 15 is 0 Å². The first-order valence-corrected chi connectivity index (χ1v) is 9.60. The van der Waals surface area contributed by atoms with Gasteiger partial charge in [0.1, 0.15) is 11.4 Å². The summed E-state index contributed by atoms with van der Waals surface area (Å²) in [7, 11) is 0. The normalized spacial score (nSPS) is 19.6. The molecule has 3 N–H and O–H groups in total. The van der Waals surface area contributed by atoms with Crippen LogP contribution in [0.1, 0.15) is 37.1 Å². The molecule has 0 bridgehead atoms. The number of amides is 1. The van der Waals surface area contributed by atoms with Gasteiger partial charge in [0.15, 0.2) is 0 Å². The van der Waals surface area contributed by atoms with E-state index in [0.717, 1.165) is 43.9 Å². The molecule has 0 spiro atoms. The van der Waals surface area contributed by atoms with Gasteiger partial charge in [0.2, 0.25) is 5.91 Å². The summed E-state index contributed by atoms with van der Waals surface area (Å²) in [5.41, 5.74) is 2.01. The van der Waals surface area contributed by atoms with Gasteiger partial charge in [-0.15, -0.1) is 0 Å². The smallest absolute Gasteiger partial charge is 0.245 e. The van der Waals surface area contributed by atoms with E-state index in [4.69, 9.17) is 0 Å². The van der Waals surface area contributed by atoms with Crippen molar-refractivity contribution >= 4 is 11.6 Å². The largest absolute Gasteiger partial charge is 0.371 e. The molecule has 27 heavy (non-hydrogen) atoms. The van der Waals surface area contributed by atoms with Gasteiger partial charge >= 0.3 is 0 Å². The summed E-state index contributed by atoms with van der Waals surface area (Å²) >= 11 is 0. The predicted octanol–water partition coefficient (Wildman–Crippen LogP) is 2.58. The first kappa shape index (κ1) is 18.0. The van der Waals surface area contributed by atoms with Crippen molar-refractivity contribution in [2.75, 3.05) is 18.4 Å². The highest BCUT2D eigenvalue weighted by molar-refractivity contribution is 5.90. The molecule has 2 aromatic rings. The van der Waals surface area contributed by atoms with E-state index in [-0.39, 0.29) is 11.7 Å². The second-order valence-corrected chi connectivity index (χ2v) is 7.78. The Hall–Kier alpha value is -2.41. The molecule has 2 fully saturated rings. The molecule has 2 heterocycles. The number of likely N-dealkylation sites (tertiary alicyclic amines) is 1. The Morgan fingerprint density at radius 3 is 2.74 bits per heavy atom. The Morgan fingerprint density at radius 2 is 2.11 bits per heavy atom. The lowest BCUT2D eigenvalue weighted by Crippen LogP contribution is -2.58. The summed E-state index contributed by atoms with van der Waals surface area (Å²) in [4.78, 5) is 15.3. The number of nitrogens with one attached hydrogen (secondary N) is 3. The fourth-order valence-corrected chi connectivity index (χ4v) is 3.68. The average molecular weight is 371 g/mol. The highest BCUT2D eigenvalue weighted by atomic mass is 19.1. The van der Waals surface area contributed by atoms with E-state index in [1.165, 1.54) is 12.1 Å². The Morgan fingerprint density at radius 1 is 1.33 bits per heavy atom.